The van der Waals surface area contributed by atoms with Gasteiger partial charge in [-0.15, -0.1) is 0 Å². The summed E-state index contributed by atoms with van der Waals surface area (Å²) in [4.78, 5) is 0. The zero-order valence-electron chi connectivity index (χ0n) is 32.6. The molecule has 11 rings (SSSR count). The van der Waals surface area contributed by atoms with Crippen molar-refractivity contribution in [1.82, 2.24) is 0 Å². The summed E-state index contributed by atoms with van der Waals surface area (Å²) in [5.41, 5.74) is 20.0. The first-order valence-corrected chi connectivity index (χ1v) is 19.6. The molecule has 0 spiro atoms. The van der Waals surface area contributed by atoms with Crippen LogP contribution in [0.4, 0.5) is 0 Å². The summed E-state index contributed by atoms with van der Waals surface area (Å²) in [7, 11) is 1.50. The van der Waals surface area contributed by atoms with Crippen LogP contribution in [0.3, 0.4) is 0 Å². The fourth-order valence-corrected chi connectivity index (χ4v) is 8.03. The minimum Gasteiger partial charge on any atom is -0.456 e. The maximum absolute atomic E-state index is 6.14. The maximum Gasteiger partial charge on any atom is 0.135 e. The van der Waals surface area contributed by atoms with E-state index in [1.54, 1.807) is 0 Å². The molecule has 2 heterocycles. The summed E-state index contributed by atoms with van der Waals surface area (Å²) >= 11 is 0. The lowest BCUT2D eigenvalue weighted by Crippen LogP contribution is -1.94. The van der Waals surface area contributed by atoms with E-state index in [0.717, 1.165) is 28.8 Å². The predicted octanol–water partition coefficient (Wildman–Crippen LogP) is 13.9. The minimum absolute atomic E-state index is 0.640. The summed E-state index contributed by atoms with van der Waals surface area (Å²) in [6.45, 7) is 4.97. The second-order valence-corrected chi connectivity index (χ2v) is 14.0. The fraction of sp³-hybridized carbons (Fsp3) is 0.0943. The predicted molar refractivity (Wildman–Crippen MR) is 244 cm³/mol. The zero-order valence-corrected chi connectivity index (χ0v) is 32.6. The molecule has 4 nitrogen and oxygen atoms in total. The zero-order chi connectivity index (χ0) is 39.3. The molecule has 4 heteroatoms. The average molecular weight is 743 g/mol. The number of para-hydroxylation sites is 1. The molecule has 9 aromatic carbocycles. The van der Waals surface area contributed by atoms with Gasteiger partial charge in [-0.25, -0.2) is 0 Å². The number of benzene rings is 9. The van der Waals surface area contributed by atoms with Crippen molar-refractivity contribution < 1.29 is 8.83 Å². The molecule has 2 aromatic heterocycles. The van der Waals surface area contributed by atoms with Crippen LogP contribution in [-0.2, 0) is 13.0 Å². The van der Waals surface area contributed by atoms with Gasteiger partial charge in [0.05, 0.1) is 0 Å². The molecule has 11 aromatic rings. The smallest absolute Gasteiger partial charge is 0.135 e. The van der Waals surface area contributed by atoms with Crippen molar-refractivity contribution >= 4 is 76.2 Å². The first kappa shape index (κ1) is 37.2. The SMILES string of the molecule is CCc1cccc2oc3ccccc3c12.CN.Cc1cccc2oc3ccc(-c4cc5c6ccccc6ccc5c5ccccc45)cc3c12.NCc1ccccc1. The van der Waals surface area contributed by atoms with E-state index < -0.39 is 0 Å². The second kappa shape index (κ2) is 16.6. The topological polar surface area (TPSA) is 78.3 Å². The summed E-state index contributed by atoms with van der Waals surface area (Å²) in [5.74, 6) is 0. The van der Waals surface area contributed by atoms with Gasteiger partial charge in [-0.2, -0.15) is 0 Å². The summed E-state index contributed by atoms with van der Waals surface area (Å²) in [6.07, 6.45) is 1.04. The van der Waals surface area contributed by atoms with Gasteiger partial charge in [0.15, 0.2) is 0 Å². The van der Waals surface area contributed by atoms with Crippen molar-refractivity contribution in [3.8, 4) is 11.1 Å². The highest BCUT2D eigenvalue weighted by Gasteiger charge is 2.14. The van der Waals surface area contributed by atoms with Gasteiger partial charge in [0.1, 0.15) is 22.3 Å². The number of fused-ring (bicyclic) bond motifs is 11. The van der Waals surface area contributed by atoms with E-state index in [1.807, 2.05) is 48.5 Å². The highest BCUT2D eigenvalue weighted by Crippen LogP contribution is 2.40. The Balaban J connectivity index is 0.000000150. The standard InChI is InChI=1S/C31H20O.C14H12O.C7H9N.CH5N/c1-19-7-6-12-30-31(19)28-17-21(14-16-29(28)32-30)26-18-27-22-9-3-2-8-20(22)13-15-25(27)23-10-4-5-11-24(23)26;1-2-10-6-5-9-13-14(10)11-7-3-4-8-12(11)15-13;8-6-7-4-2-1-3-5-7;1-2/h2-18H,1H3;3-9H,2H2,1H3;1-5H,6,8H2;2H2,1H3. The van der Waals surface area contributed by atoms with Crippen LogP contribution in [-0.4, -0.2) is 7.05 Å². The molecule has 57 heavy (non-hydrogen) atoms. The van der Waals surface area contributed by atoms with E-state index in [2.05, 4.69) is 147 Å². The Morgan fingerprint density at radius 3 is 1.77 bits per heavy atom. The van der Waals surface area contributed by atoms with E-state index in [0.29, 0.717) is 6.54 Å². The van der Waals surface area contributed by atoms with Crippen molar-refractivity contribution in [3.63, 3.8) is 0 Å². The quantitative estimate of drug-likeness (QED) is 0.177. The van der Waals surface area contributed by atoms with E-state index in [9.17, 15) is 0 Å². The minimum atomic E-state index is 0.640. The number of furan rings is 2. The van der Waals surface area contributed by atoms with Crippen LogP contribution < -0.4 is 11.5 Å². The third-order valence-electron chi connectivity index (χ3n) is 10.7. The molecule has 0 saturated heterocycles. The Kier molecular flexibility index (Phi) is 10.8. The van der Waals surface area contributed by atoms with Gasteiger partial charge < -0.3 is 20.3 Å². The van der Waals surface area contributed by atoms with Crippen molar-refractivity contribution in [1.29, 1.82) is 0 Å². The van der Waals surface area contributed by atoms with Gasteiger partial charge in [-0.3, -0.25) is 0 Å². The average Bonchev–Trinajstić information content (AvgIpc) is 3.86. The lowest BCUT2D eigenvalue weighted by Gasteiger charge is -2.13. The van der Waals surface area contributed by atoms with Gasteiger partial charge in [0.25, 0.3) is 0 Å². The Hall–Kier alpha value is -6.72. The molecule has 0 aliphatic carbocycles. The lowest BCUT2D eigenvalue weighted by molar-refractivity contribution is 0.668. The van der Waals surface area contributed by atoms with Crippen molar-refractivity contribution in [2.75, 3.05) is 7.05 Å². The molecule has 4 N–H and O–H groups in total. The highest BCUT2D eigenvalue weighted by atomic mass is 16.3. The largest absolute Gasteiger partial charge is 0.456 e. The van der Waals surface area contributed by atoms with Crippen molar-refractivity contribution in [3.05, 3.63) is 193 Å². The van der Waals surface area contributed by atoms with Crippen LogP contribution in [0.5, 0.6) is 0 Å². The van der Waals surface area contributed by atoms with Crippen LogP contribution in [0, 0.1) is 6.92 Å². The van der Waals surface area contributed by atoms with Crippen LogP contribution in [0.1, 0.15) is 23.6 Å². The third kappa shape index (κ3) is 7.13. The molecule has 280 valence electrons. The van der Waals surface area contributed by atoms with E-state index >= 15 is 0 Å². The van der Waals surface area contributed by atoms with E-state index in [-0.39, 0.29) is 0 Å². The summed E-state index contributed by atoms with van der Waals surface area (Å²) < 4.78 is 11.9. The highest BCUT2D eigenvalue weighted by molar-refractivity contribution is 6.21. The van der Waals surface area contributed by atoms with Crippen molar-refractivity contribution in [2.24, 2.45) is 11.5 Å². The molecule has 0 unspecified atom stereocenters. The first-order valence-electron chi connectivity index (χ1n) is 19.6. The summed E-state index contributed by atoms with van der Waals surface area (Å²) in [6, 6.07) is 61.6. The molecular weight excluding hydrogens is 697 g/mol. The fourth-order valence-electron chi connectivity index (χ4n) is 8.03. The Labute approximate surface area is 332 Å². The molecular formula is C53H46N2O2. The first-order chi connectivity index (χ1) is 28.1. The van der Waals surface area contributed by atoms with Crippen LogP contribution in [0.2, 0.25) is 0 Å². The van der Waals surface area contributed by atoms with Crippen LogP contribution >= 0.6 is 0 Å². The van der Waals surface area contributed by atoms with E-state index in [4.69, 9.17) is 14.6 Å². The second-order valence-electron chi connectivity index (χ2n) is 14.0. The third-order valence-corrected chi connectivity index (χ3v) is 10.7. The number of aryl methyl sites for hydroxylation is 2. The van der Waals surface area contributed by atoms with Crippen molar-refractivity contribution in [2.45, 2.75) is 26.8 Å². The van der Waals surface area contributed by atoms with Crippen LogP contribution in [0.25, 0.3) is 87.3 Å². The molecule has 0 bridgehead atoms. The monoisotopic (exact) mass is 742 g/mol. The molecule has 0 atom stereocenters. The van der Waals surface area contributed by atoms with Gasteiger partial charge in [-0.1, -0.05) is 146 Å². The molecule has 0 radical (unpaired) electrons. The molecule has 0 amide bonds. The van der Waals surface area contributed by atoms with Crippen LogP contribution in [0.15, 0.2) is 185 Å². The van der Waals surface area contributed by atoms with Gasteiger partial charge in [0.2, 0.25) is 0 Å². The normalized spacial score (nSPS) is 11.0. The maximum atomic E-state index is 6.14. The van der Waals surface area contributed by atoms with Gasteiger partial charge >= 0.3 is 0 Å². The number of hydrogen-bond donors (Lipinski definition) is 2. The molecule has 0 fully saturated rings. The Morgan fingerprint density at radius 2 is 1.04 bits per heavy atom. The lowest BCUT2D eigenvalue weighted by atomic mass is 9.90. The van der Waals surface area contributed by atoms with E-state index in [1.165, 1.54) is 88.7 Å². The summed E-state index contributed by atoms with van der Waals surface area (Å²) in [5, 5.41) is 12.6. The number of nitrogens with two attached hydrogens (primary N) is 2. The molecule has 0 saturated carbocycles. The molecule has 0 aliphatic heterocycles. The Morgan fingerprint density at radius 1 is 0.439 bits per heavy atom. The number of hydrogen-bond acceptors (Lipinski definition) is 4. The molecule has 0 aliphatic rings. The van der Waals surface area contributed by atoms with Gasteiger partial charge in [-0.05, 0) is 117 Å². The number of rotatable bonds is 3. The Bertz CT molecular complexity index is 3140. The van der Waals surface area contributed by atoms with Gasteiger partial charge in [0, 0.05) is 28.1 Å².